The lowest BCUT2D eigenvalue weighted by Gasteiger charge is -2.36. The zero-order valence-corrected chi connectivity index (χ0v) is 28.0. The number of nitrogens with zero attached hydrogens (tertiary/aromatic N) is 8. The van der Waals surface area contributed by atoms with Crippen molar-refractivity contribution in [1.82, 2.24) is 39.6 Å². The van der Waals surface area contributed by atoms with Crippen LogP contribution in [0.15, 0.2) is 146 Å². The number of tetrazole rings is 1. The lowest BCUT2D eigenvalue weighted by atomic mass is 9.77. The Morgan fingerprint density at radius 2 is 1.22 bits per heavy atom. The number of aryl methyl sites for hydroxylation is 1. The summed E-state index contributed by atoms with van der Waals surface area (Å²) >= 11 is 0. The molecule has 8 aromatic rings. The summed E-state index contributed by atoms with van der Waals surface area (Å²) in [5.41, 5.74) is 7.42. The van der Waals surface area contributed by atoms with Crippen LogP contribution in [0, 0.1) is 0 Å². The van der Waals surface area contributed by atoms with Crippen molar-refractivity contribution in [3.63, 3.8) is 0 Å². The minimum absolute atomic E-state index is 0.557. The maximum absolute atomic E-state index is 5.64. The van der Waals surface area contributed by atoms with Crippen LogP contribution in [0.4, 0.5) is 0 Å². The largest absolute Gasteiger partial charge is 0.477 e. The molecule has 9 nitrogen and oxygen atoms in total. The Labute approximate surface area is 290 Å². The van der Waals surface area contributed by atoms with Gasteiger partial charge in [-0.1, -0.05) is 146 Å². The van der Waals surface area contributed by atoms with E-state index in [1.54, 1.807) is 4.63 Å². The average molecular weight is 657 g/mol. The summed E-state index contributed by atoms with van der Waals surface area (Å²) in [5.74, 6) is 2.22. The lowest BCUT2D eigenvalue weighted by Crippen LogP contribution is -2.39. The van der Waals surface area contributed by atoms with Crippen LogP contribution in [0.5, 0.6) is 5.88 Å². The van der Waals surface area contributed by atoms with Crippen molar-refractivity contribution in [2.24, 2.45) is 0 Å². The van der Waals surface area contributed by atoms with Crippen molar-refractivity contribution in [2.75, 3.05) is 6.61 Å². The summed E-state index contributed by atoms with van der Waals surface area (Å²) in [6.45, 7) is 5.28. The molecule has 0 radical (unpaired) electrons. The number of hydrogen-bond acceptors (Lipinski definition) is 6. The third-order valence-electron chi connectivity index (χ3n) is 9.19. The molecule has 5 aromatic carbocycles. The van der Waals surface area contributed by atoms with Gasteiger partial charge in [0, 0.05) is 18.1 Å². The molecule has 3 heterocycles. The summed E-state index contributed by atoms with van der Waals surface area (Å²) in [7, 11) is 0. The quantitative estimate of drug-likeness (QED) is 0.133. The van der Waals surface area contributed by atoms with Gasteiger partial charge in [-0.2, -0.15) is 0 Å². The maximum Gasteiger partial charge on any atom is 0.237 e. The minimum Gasteiger partial charge on any atom is -0.477 e. The summed E-state index contributed by atoms with van der Waals surface area (Å²) < 4.78 is 11.5. The van der Waals surface area contributed by atoms with E-state index in [9.17, 15) is 0 Å². The van der Waals surface area contributed by atoms with Crippen molar-refractivity contribution in [1.29, 1.82) is 0 Å². The number of fused-ring (bicyclic) bond motifs is 1. The summed E-state index contributed by atoms with van der Waals surface area (Å²) in [4.78, 5) is 0. The van der Waals surface area contributed by atoms with E-state index in [2.05, 4.69) is 137 Å². The van der Waals surface area contributed by atoms with Crippen molar-refractivity contribution in [2.45, 2.75) is 32.4 Å². The van der Waals surface area contributed by atoms with E-state index in [1.165, 1.54) is 0 Å². The molecule has 246 valence electrons. The highest BCUT2D eigenvalue weighted by Crippen LogP contribution is 2.43. The molecule has 0 unspecified atom stereocenters. The Balaban J connectivity index is 1.23. The fourth-order valence-corrected chi connectivity index (χ4v) is 6.94. The molecule has 0 aliphatic carbocycles. The van der Waals surface area contributed by atoms with Gasteiger partial charge in [0.1, 0.15) is 11.4 Å². The molecule has 0 aliphatic rings. The molecule has 0 N–H and O–H groups in total. The molecule has 0 saturated heterocycles. The van der Waals surface area contributed by atoms with Crippen molar-refractivity contribution in [3.8, 4) is 28.4 Å². The van der Waals surface area contributed by atoms with Gasteiger partial charge in [0.15, 0.2) is 11.5 Å². The first-order valence-electron chi connectivity index (χ1n) is 16.9. The van der Waals surface area contributed by atoms with Crippen LogP contribution in [-0.2, 0) is 18.5 Å². The average Bonchev–Trinajstić information content (AvgIpc) is 3.90. The van der Waals surface area contributed by atoms with Gasteiger partial charge in [-0.25, -0.2) is 4.68 Å². The van der Waals surface area contributed by atoms with Crippen molar-refractivity contribution >= 4 is 5.65 Å². The SMILES string of the molecule is CCOc1cc2n(Cc3ccc(-c4ccccc4-c4nnnn4C(c4ccccc4)(c4ccccc4)c4ccccc4)cc3)c(CC)nn2n1. The molecule has 0 bridgehead atoms. The van der Waals surface area contributed by atoms with E-state index < -0.39 is 5.54 Å². The second kappa shape index (κ2) is 13.3. The molecule has 9 heteroatoms. The second-order valence-corrected chi connectivity index (χ2v) is 12.1. The number of hydrogen-bond donors (Lipinski definition) is 0. The topological polar surface area (TPSA) is 88.0 Å². The van der Waals surface area contributed by atoms with Gasteiger partial charge in [-0.05, 0) is 50.7 Å². The van der Waals surface area contributed by atoms with Crippen LogP contribution in [0.25, 0.3) is 28.2 Å². The summed E-state index contributed by atoms with van der Waals surface area (Å²) in [6, 6.07) is 50.4. The molecule has 0 atom stereocenters. The molecule has 0 fully saturated rings. The maximum atomic E-state index is 5.64. The van der Waals surface area contributed by atoms with Crippen LogP contribution in [0.3, 0.4) is 0 Å². The molecule has 0 spiro atoms. The van der Waals surface area contributed by atoms with Crippen LogP contribution in [0.2, 0.25) is 0 Å². The zero-order valence-electron chi connectivity index (χ0n) is 28.0. The highest BCUT2D eigenvalue weighted by Gasteiger charge is 2.42. The molecular weight excluding hydrogens is 621 g/mol. The first kappa shape index (κ1) is 31.0. The predicted octanol–water partition coefficient (Wildman–Crippen LogP) is 7.70. The number of aromatic nitrogens is 8. The van der Waals surface area contributed by atoms with E-state index in [0.717, 1.165) is 56.8 Å². The normalized spacial score (nSPS) is 11.6. The Kier molecular flexibility index (Phi) is 8.22. The highest BCUT2D eigenvalue weighted by atomic mass is 16.5. The molecule has 8 rings (SSSR count). The summed E-state index contributed by atoms with van der Waals surface area (Å²) in [6.07, 6.45) is 0.796. The smallest absolute Gasteiger partial charge is 0.237 e. The Bertz CT molecular complexity index is 2250. The van der Waals surface area contributed by atoms with Crippen LogP contribution in [-0.4, -0.2) is 46.2 Å². The van der Waals surface area contributed by atoms with Gasteiger partial charge in [-0.3, -0.25) is 0 Å². The monoisotopic (exact) mass is 656 g/mol. The Morgan fingerprint density at radius 3 is 1.80 bits per heavy atom. The van der Waals surface area contributed by atoms with Crippen LogP contribution in [0.1, 0.15) is 41.9 Å². The second-order valence-electron chi connectivity index (χ2n) is 12.1. The third kappa shape index (κ3) is 5.33. The van der Waals surface area contributed by atoms with Gasteiger partial charge in [0.05, 0.1) is 13.2 Å². The number of rotatable bonds is 11. The number of ether oxygens (including phenoxy) is 1. The van der Waals surface area contributed by atoms with Crippen molar-refractivity contribution in [3.05, 3.63) is 174 Å². The minimum atomic E-state index is -0.845. The number of benzene rings is 5. The summed E-state index contributed by atoms with van der Waals surface area (Å²) in [5, 5.41) is 23.0. The molecule has 0 amide bonds. The van der Waals surface area contributed by atoms with E-state index in [0.29, 0.717) is 24.9 Å². The van der Waals surface area contributed by atoms with Crippen LogP contribution < -0.4 is 4.74 Å². The molecule has 0 aliphatic heterocycles. The molecule has 0 saturated carbocycles. The lowest BCUT2D eigenvalue weighted by molar-refractivity contribution is 0.323. The zero-order chi connectivity index (χ0) is 33.9. The molecular formula is C41H36N8O. The van der Waals surface area contributed by atoms with Gasteiger partial charge in [0.2, 0.25) is 5.88 Å². The van der Waals surface area contributed by atoms with Gasteiger partial charge < -0.3 is 9.30 Å². The van der Waals surface area contributed by atoms with Crippen molar-refractivity contribution < 1.29 is 4.74 Å². The van der Waals surface area contributed by atoms with E-state index in [1.807, 2.05) is 41.9 Å². The van der Waals surface area contributed by atoms with Gasteiger partial charge in [0.25, 0.3) is 0 Å². The highest BCUT2D eigenvalue weighted by molar-refractivity contribution is 5.81. The molecule has 50 heavy (non-hydrogen) atoms. The fraction of sp³-hybridized carbons (Fsp3) is 0.146. The van der Waals surface area contributed by atoms with E-state index in [4.69, 9.17) is 20.1 Å². The Morgan fingerprint density at radius 1 is 0.640 bits per heavy atom. The fourth-order valence-electron chi connectivity index (χ4n) is 6.94. The predicted molar refractivity (Wildman–Crippen MR) is 194 cm³/mol. The third-order valence-corrected chi connectivity index (χ3v) is 9.19. The van der Waals surface area contributed by atoms with Crippen LogP contribution >= 0.6 is 0 Å². The first-order valence-corrected chi connectivity index (χ1v) is 16.9. The van der Waals surface area contributed by atoms with E-state index >= 15 is 0 Å². The van der Waals surface area contributed by atoms with Gasteiger partial charge >= 0.3 is 0 Å². The van der Waals surface area contributed by atoms with Gasteiger partial charge in [-0.15, -0.1) is 19.9 Å². The standard InChI is InChI=1S/C41H36N8O/c1-3-37-43-49-39(28-38(44-49)50-4-2)47(37)29-30-24-26-31(27-25-30)35-22-14-15-23-36(35)40-42-45-46-48(40)41(32-16-8-5-9-17-32,33-18-10-6-11-19-33)34-20-12-7-13-21-34/h5-28H,3-4,29H2,1-2H3. The van der Waals surface area contributed by atoms with E-state index in [-0.39, 0.29) is 0 Å². The Hall–Kier alpha value is -6.35. The first-order chi connectivity index (χ1) is 24.7. The molecule has 3 aromatic heterocycles.